The summed E-state index contributed by atoms with van der Waals surface area (Å²) in [5.41, 5.74) is 0. The number of rotatable bonds is 9. The van der Waals surface area contributed by atoms with Gasteiger partial charge in [-0.15, -0.1) is 0 Å². The van der Waals surface area contributed by atoms with Crippen molar-refractivity contribution in [1.29, 1.82) is 0 Å². The Morgan fingerprint density at radius 3 is 2.57 bits per heavy atom. The molecule has 0 unspecified atom stereocenters. The van der Waals surface area contributed by atoms with Crippen LogP contribution in [0.15, 0.2) is 35.5 Å². The maximum atomic E-state index is 12.1. The molecule has 0 aliphatic heterocycles. The highest BCUT2D eigenvalue weighted by molar-refractivity contribution is 7.89. The van der Waals surface area contributed by atoms with Crippen LogP contribution in [0.2, 0.25) is 0 Å². The molecule has 9 heteroatoms. The average Bonchev–Trinajstić information content (AvgIpc) is 2.95. The number of hydrogen-bond donors (Lipinski definition) is 2. The summed E-state index contributed by atoms with van der Waals surface area (Å²) < 4.78 is 33.9. The molecule has 0 amide bonds. The van der Waals surface area contributed by atoms with Crippen LogP contribution in [0.3, 0.4) is 0 Å². The summed E-state index contributed by atoms with van der Waals surface area (Å²) in [5.74, 6) is 1.26. The van der Waals surface area contributed by atoms with E-state index < -0.39 is 10.0 Å². The molecule has 0 aliphatic carbocycles. The first kappa shape index (κ1) is 17.4. The van der Waals surface area contributed by atoms with Crippen molar-refractivity contribution in [2.75, 3.05) is 20.1 Å². The summed E-state index contributed by atoms with van der Waals surface area (Å²) in [6.45, 7) is 1.43. The van der Waals surface area contributed by atoms with Gasteiger partial charge in [0, 0.05) is 13.6 Å². The Hall–Kier alpha value is -1.97. The fraction of sp³-hybridized carbons (Fsp3) is 0.429. The van der Waals surface area contributed by atoms with E-state index >= 15 is 0 Å². The topological polar surface area (TPSA) is 98.1 Å². The number of sulfonamides is 1. The van der Waals surface area contributed by atoms with Gasteiger partial charge in [-0.1, -0.05) is 0 Å². The number of hydrogen-bond acceptors (Lipinski definition) is 6. The highest BCUT2D eigenvalue weighted by Gasteiger charge is 2.13. The molecule has 2 rings (SSSR count). The van der Waals surface area contributed by atoms with Crippen molar-refractivity contribution in [2.24, 2.45) is 7.05 Å². The van der Waals surface area contributed by atoms with Gasteiger partial charge in [0.2, 0.25) is 10.0 Å². The van der Waals surface area contributed by atoms with E-state index in [-0.39, 0.29) is 11.5 Å². The maximum absolute atomic E-state index is 12.1. The minimum atomic E-state index is -3.48. The van der Waals surface area contributed by atoms with Crippen molar-refractivity contribution in [3.8, 4) is 5.75 Å². The molecule has 1 aromatic heterocycles. The third-order valence-corrected chi connectivity index (χ3v) is 4.68. The van der Waals surface area contributed by atoms with E-state index in [9.17, 15) is 8.42 Å². The molecule has 8 nitrogen and oxygen atoms in total. The second kappa shape index (κ2) is 8.04. The van der Waals surface area contributed by atoms with E-state index in [4.69, 9.17) is 4.74 Å². The van der Waals surface area contributed by atoms with Gasteiger partial charge in [-0.3, -0.25) is 4.68 Å². The molecule has 1 heterocycles. The number of nitrogens with one attached hydrogen (secondary N) is 2. The molecule has 0 aliphatic rings. The highest BCUT2D eigenvalue weighted by Crippen LogP contribution is 2.16. The zero-order valence-corrected chi connectivity index (χ0v) is 14.0. The van der Waals surface area contributed by atoms with E-state index in [1.807, 2.05) is 7.05 Å². The van der Waals surface area contributed by atoms with Crippen molar-refractivity contribution in [3.05, 3.63) is 36.4 Å². The van der Waals surface area contributed by atoms with Crippen molar-refractivity contribution >= 4 is 10.0 Å². The van der Waals surface area contributed by atoms with Gasteiger partial charge in [-0.2, -0.15) is 5.10 Å². The van der Waals surface area contributed by atoms with Crippen molar-refractivity contribution in [3.63, 3.8) is 0 Å². The quantitative estimate of drug-likeness (QED) is 0.637. The van der Waals surface area contributed by atoms with Crippen LogP contribution in [0.25, 0.3) is 0 Å². The Morgan fingerprint density at radius 1 is 1.22 bits per heavy atom. The largest absolute Gasteiger partial charge is 0.486 e. The lowest BCUT2D eigenvalue weighted by Crippen LogP contribution is -2.26. The zero-order valence-electron chi connectivity index (χ0n) is 13.2. The zero-order chi connectivity index (χ0) is 16.7. The van der Waals surface area contributed by atoms with E-state index in [1.165, 1.54) is 18.5 Å². The number of ether oxygens (including phenoxy) is 1. The lowest BCUT2D eigenvalue weighted by Gasteiger charge is -2.08. The highest BCUT2D eigenvalue weighted by atomic mass is 32.2. The molecule has 0 saturated carbocycles. The fourth-order valence-electron chi connectivity index (χ4n) is 1.87. The van der Waals surface area contributed by atoms with Gasteiger partial charge in [0.1, 0.15) is 18.7 Å². The molecule has 0 radical (unpaired) electrons. The van der Waals surface area contributed by atoms with Gasteiger partial charge in [-0.05, 0) is 44.3 Å². The normalized spacial score (nSPS) is 11.6. The molecule has 1 aromatic carbocycles. The van der Waals surface area contributed by atoms with Crippen LogP contribution in [0.1, 0.15) is 12.2 Å². The number of nitrogens with zero attached hydrogens (tertiary/aromatic N) is 3. The Balaban J connectivity index is 1.92. The molecule has 2 aromatic rings. The maximum Gasteiger partial charge on any atom is 0.240 e. The summed E-state index contributed by atoms with van der Waals surface area (Å²) >= 11 is 0. The van der Waals surface area contributed by atoms with Crippen LogP contribution in [0, 0.1) is 0 Å². The van der Waals surface area contributed by atoms with Crippen LogP contribution >= 0.6 is 0 Å². The monoisotopic (exact) mass is 339 g/mol. The summed E-state index contributed by atoms with van der Waals surface area (Å²) in [7, 11) is 0.124. The summed E-state index contributed by atoms with van der Waals surface area (Å²) in [5, 5.41) is 6.92. The lowest BCUT2D eigenvalue weighted by atomic mass is 10.3. The van der Waals surface area contributed by atoms with Crippen LogP contribution in [-0.4, -0.2) is 43.3 Å². The Labute approximate surface area is 135 Å². The van der Waals surface area contributed by atoms with Gasteiger partial charge in [0.05, 0.1) is 4.90 Å². The molecule has 0 saturated heterocycles. The van der Waals surface area contributed by atoms with Crippen LogP contribution in [-0.2, 0) is 23.7 Å². The molecule has 2 N–H and O–H groups in total. The molecule has 0 atom stereocenters. The third-order valence-electron chi connectivity index (χ3n) is 3.20. The van der Waals surface area contributed by atoms with Gasteiger partial charge in [-0.25, -0.2) is 18.1 Å². The second-order valence-corrected chi connectivity index (χ2v) is 6.68. The second-order valence-electron chi connectivity index (χ2n) is 4.91. The molecular weight excluding hydrogens is 318 g/mol. The molecule has 23 heavy (non-hydrogen) atoms. The van der Waals surface area contributed by atoms with Crippen LogP contribution < -0.4 is 14.8 Å². The van der Waals surface area contributed by atoms with Crippen LogP contribution in [0.4, 0.5) is 0 Å². The van der Waals surface area contributed by atoms with Gasteiger partial charge < -0.3 is 10.1 Å². The molecule has 126 valence electrons. The van der Waals surface area contributed by atoms with E-state index in [0.29, 0.717) is 18.1 Å². The predicted molar refractivity (Wildman–Crippen MR) is 85.5 cm³/mol. The summed E-state index contributed by atoms with van der Waals surface area (Å²) in [6, 6.07) is 6.29. The molecule has 0 bridgehead atoms. The van der Waals surface area contributed by atoms with Crippen molar-refractivity contribution in [1.82, 2.24) is 24.8 Å². The van der Waals surface area contributed by atoms with E-state index in [0.717, 1.165) is 13.0 Å². The Kier molecular flexibility index (Phi) is 6.08. The molecule has 0 spiro atoms. The minimum absolute atomic E-state index is 0.216. The van der Waals surface area contributed by atoms with Crippen molar-refractivity contribution < 1.29 is 13.2 Å². The minimum Gasteiger partial charge on any atom is -0.486 e. The first-order valence-electron chi connectivity index (χ1n) is 7.23. The Bertz CT molecular complexity index is 712. The smallest absolute Gasteiger partial charge is 0.240 e. The standard InChI is InChI=1S/C14H21N5O3S/c1-15-8-3-9-18-23(20,21)13-6-4-12(5-7-13)22-10-14-16-11-17-19(14)2/h4-7,11,15,18H,3,8-10H2,1-2H3. The summed E-state index contributed by atoms with van der Waals surface area (Å²) in [4.78, 5) is 4.27. The molecular formula is C14H21N5O3S. The fourth-order valence-corrected chi connectivity index (χ4v) is 2.94. The number of aromatic nitrogens is 3. The van der Waals surface area contributed by atoms with E-state index in [2.05, 4.69) is 20.1 Å². The first-order chi connectivity index (χ1) is 11.0. The van der Waals surface area contributed by atoms with Gasteiger partial charge in [0.15, 0.2) is 5.82 Å². The lowest BCUT2D eigenvalue weighted by molar-refractivity contribution is 0.289. The first-order valence-corrected chi connectivity index (χ1v) is 8.71. The van der Waals surface area contributed by atoms with Crippen LogP contribution in [0.5, 0.6) is 5.75 Å². The van der Waals surface area contributed by atoms with Gasteiger partial charge >= 0.3 is 0 Å². The summed E-state index contributed by atoms with van der Waals surface area (Å²) in [6.07, 6.45) is 2.18. The Morgan fingerprint density at radius 2 is 1.96 bits per heavy atom. The molecule has 0 fully saturated rings. The number of benzene rings is 1. The van der Waals surface area contributed by atoms with Gasteiger partial charge in [0.25, 0.3) is 0 Å². The predicted octanol–water partition coefficient (Wildman–Crippen LogP) is 0.282. The van der Waals surface area contributed by atoms with Crippen molar-refractivity contribution in [2.45, 2.75) is 17.9 Å². The number of aryl methyl sites for hydroxylation is 1. The third kappa shape index (κ3) is 5.02. The van der Waals surface area contributed by atoms with E-state index in [1.54, 1.807) is 23.9 Å². The SMILES string of the molecule is CNCCCNS(=O)(=O)c1ccc(OCc2ncnn2C)cc1. The average molecular weight is 339 g/mol.